The number of anilines is 1. The van der Waals surface area contributed by atoms with Crippen LogP contribution in [0.2, 0.25) is 0 Å². The molecule has 0 saturated heterocycles. The van der Waals surface area contributed by atoms with Crippen molar-refractivity contribution in [1.82, 2.24) is 9.29 Å². The highest BCUT2D eigenvalue weighted by atomic mass is 32.2. The Kier molecular flexibility index (Phi) is 6.46. The Morgan fingerprint density at radius 3 is 2.55 bits per heavy atom. The number of thiophene rings is 1. The number of carbonyl (C=O) groups is 1. The molecule has 0 aliphatic carbocycles. The van der Waals surface area contributed by atoms with Crippen molar-refractivity contribution in [2.24, 2.45) is 0 Å². The number of pyridine rings is 1. The van der Waals surface area contributed by atoms with Crippen molar-refractivity contribution in [2.45, 2.75) is 18.4 Å². The van der Waals surface area contributed by atoms with Gasteiger partial charge in [-0.15, -0.1) is 11.3 Å². The highest BCUT2D eigenvalue weighted by Crippen LogP contribution is 2.22. The van der Waals surface area contributed by atoms with Crippen LogP contribution in [0.4, 0.5) is 5.82 Å². The van der Waals surface area contributed by atoms with E-state index in [0.29, 0.717) is 12.1 Å². The molecular formula is C21H23N3O3S2. The summed E-state index contributed by atoms with van der Waals surface area (Å²) in [5.41, 5.74) is 1.33. The van der Waals surface area contributed by atoms with Crippen molar-refractivity contribution in [2.75, 3.05) is 25.5 Å². The van der Waals surface area contributed by atoms with E-state index >= 15 is 0 Å². The number of aryl methyl sites for hydroxylation is 1. The Labute approximate surface area is 175 Å². The monoisotopic (exact) mass is 429 g/mol. The van der Waals surface area contributed by atoms with Gasteiger partial charge in [0.15, 0.2) is 5.78 Å². The molecule has 3 rings (SSSR count). The molecule has 0 saturated carbocycles. The number of ketones is 1. The summed E-state index contributed by atoms with van der Waals surface area (Å²) in [6, 6.07) is 14.0. The second-order valence-electron chi connectivity index (χ2n) is 6.82. The smallest absolute Gasteiger partial charge is 0.242 e. The number of Topliss-reactive ketones (excluding diaryl/α,β-unsaturated/α-hetero) is 1. The fourth-order valence-electron chi connectivity index (χ4n) is 2.91. The molecule has 0 aliphatic rings. The highest BCUT2D eigenvalue weighted by Gasteiger charge is 2.21. The molecule has 0 radical (unpaired) electrons. The number of hydrogen-bond acceptors (Lipinski definition) is 6. The molecule has 2 heterocycles. The fourth-order valence-corrected chi connectivity index (χ4v) is 4.58. The first-order valence-electron chi connectivity index (χ1n) is 9.04. The molecule has 3 aromatic rings. The molecule has 0 spiro atoms. The van der Waals surface area contributed by atoms with Crippen LogP contribution in [0, 0.1) is 6.92 Å². The van der Waals surface area contributed by atoms with Crippen LogP contribution < -0.4 is 4.90 Å². The average Bonchev–Trinajstić information content (AvgIpc) is 3.21. The fraction of sp³-hybridized carbons (Fsp3) is 0.238. The van der Waals surface area contributed by atoms with E-state index in [-0.39, 0.29) is 17.2 Å². The number of sulfonamides is 1. The first-order valence-corrected chi connectivity index (χ1v) is 11.4. The van der Waals surface area contributed by atoms with Crippen LogP contribution in [0.5, 0.6) is 0 Å². The van der Waals surface area contributed by atoms with Crippen LogP contribution in [-0.4, -0.2) is 44.1 Å². The van der Waals surface area contributed by atoms with Crippen LogP contribution in [-0.2, 0) is 16.6 Å². The molecule has 1 aromatic carbocycles. The summed E-state index contributed by atoms with van der Waals surface area (Å²) in [5, 5.41) is 2.00. The molecule has 0 atom stereocenters. The Morgan fingerprint density at radius 1 is 1.10 bits per heavy atom. The van der Waals surface area contributed by atoms with Crippen molar-refractivity contribution >= 4 is 33.0 Å². The largest absolute Gasteiger partial charge is 0.344 e. The van der Waals surface area contributed by atoms with E-state index in [2.05, 4.69) is 4.98 Å². The zero-order valence-corrected chi connectivity index (χ0v) is 18.2. The number of benzene rings is 1. The third kappa shape index (κ3) is 4.90. The lowest BCUT2D eigenvalue weighted by Gasteiger charge is -2.24. The summed E-state index contributed by atoms with van der Waals surface area (Å²) >= 11 is 1.62. The number of hydrogen-bond donors (Lipinski definition) is 0. The third-order valence-electron chi connectivity index (χ3n) is 4.48. The lowest BCUT2D eigenvalue weighted by atomic mass is 10.1. The van der Waals surface area contributed by atoms with Gasteiger partial charge in [0.25, 0.3) is 0 Å². The molecular weight excluding hydrogens is 406 g/mol. The lowest BCUT2D eigenvalue weighted by Crippen LogP contribution is -2.30. The van der Waals surface area contributed by atoms with Gasteiger partial charge in [0.1, 0.15) is 5.82 Å². The zero-order chi connectivity index (χ0) is 21.0. The minimum atomic E-state index is -3.60. The predicted octanol–water partition coefficient (Wildman–Crippen LogP) is 3.59. The number of rotatable bonds is 8. The van der Waals surface area contributed by atoms with E-state index in [0.717, 1.165) is 20.6 Å². The minimum absolute atomic E-state index is 0.0984. The van der Waals surface area contributed by atoms with Crippen LogP contribution >= 0.6 is 11.3 Å². The summed E-state index contributed by atoms with van der Waals surface area (Å²) in [5.74, 6) is 0.578. The normalized spacial score (nSPS) is 11.6. The quantitative estimate of drug-likeness (QED) is 0.512. The molecule has 0 N–H and O–H groups in total. The number of carbonyl (C=O) groups excluding carboxylic acids is 1. The van der Waals surface area contributed by atoms with Crippen molar-refractivity contribution in [1.29, 1.82) is 0 Å². The lowest BCUT2D eigenvalue weighted by molar-refractivity contribution is 0.0998. The minimum Gasteiger partial charge on any atom is -0.344 e. The molecule has 8 heteroatoms. The molecule has 0 aliphatic heterocycles. The van der Waals surface area contributed by atoms with Gasteiger partial charge in [0.2, 0.25) is 10.0 Å². The second kappa shape index (κ2) is 8.86. The van der Waals surface area contributed by atoms with Crippen LogP contribution in [0.1, 0.15) is 20.8 Å². The molecule has 6 nitrogen and oxygen atoms in total. The molecule has 2 aromatic heterocycles. The van der Waals surface area contributed by atoms with Crippen molar-refractivity contribution < 1.29 is 13.2 Å². The molecule has 0 unspecified atom stereocenters. The Balaban J connectivity index is 1.90. The Morgan fingerprint density at radius 2 is 1.90 bits per heavy atom. The maximum absolute atomic E-state index is 13.0. The Hall–Kier alpha value is -2.55. The summed E-state index contributed by atoms with van der Waals surface area (Å²) in [7, 11) is -0.667. The number of nitrogens with zero attached hydrogens (tertiary/aromatic N) is 3. The Bertz CT molecular complexity index is 1090. The predicted molar refractivity (Wildman–Crippen MR) is 116 cm³/mol. The van der Waals surface area contributed by atoms with Crippen LogP contribution in [0.15, 0.2) is 65.0 Å². The standard InChI is InChI=1S/C21H23N3O3S2/c1-16-7-5-11-22-21(16)24(14-18-9-6-12-28-18)15-20(25)17-8-4-10-19(13-17)29(26,27)23(2)3/h4-13H,14-15H2,1-3H3. The topological polar surface area (TPSA) is 70.6 Å². The average molecular weight is 430 g/mol. The molecule has 0 bridgehead atoms. The van der Waals surface area contributed by atoms with Crippen molar-refractivity contribution in [3.63, 3.8) is 0 Å². The van der Waals surface area contributed by atoms with E-state index in [9.17, 15) is 13.2 Å². The summed E-state index contributed by atoms with van der Waals surface area (Å²) in [6.45, 7) is 2.61. The van der Waals surface area contributed by atoms with E-state index in [1.165, 1.54) is 26.2 Å². The maximum Gasteiger partial charge on any atom is 0.242 e. The van der Waals surface area contributed by atoms with Gasteiger partial charge in [0, 0.05) is 30.7 Å². The van der Waals surface area contributed by atoms with Gasteiger partial charge in [-0.3, -0.25) is 4.79 Å². The zero-order valence-electron chi connectivity index (χ0n) is 16.6. The second-order valence-corrected chi connectivity index (χ2v) is 10.0. The van der Waals surface area contributed by atoms with Crippen molar-refractivity contribution in [3.8, 4) is 0 Å². The molecule has 0 amide bonds. The SMILES string of the molecule is Cc1cccnc1N(CC(=O)c1cccc(S(=O)(=O)N(C)C)c1)Cc1cccs1. The van der Waals surface area contributed by atoms with E-state index in [1.807, 2.05) is 41.5 Å². The molecule has 0 fully saturated rings. The highest BCUT2D eigenvalue weighted by molar-refractivity contribution is 7.89. The number of aromatic nitrogens is 1. The van der Waals surface area contributed by atoms with Crippen molar-refractivity contribution in [3.05, 3.63) is 76.1 Å². The third-order valence-corrected chi connectivity index (χ3v) is 7.15. The molecule has 29 heavy (non-hydrogen) atoms. The van der Waals surface area contributed by atoms with Gasteiger partial charge < -0.3 is 4.90 Å². The summed E-state index contributed by atoms with van der Waals surface area (Å²) < 4.78 is 25.9. The van der Waals surface area contributed by atoms with Gasteiger partial charge >= 0.3 is 0 Å². The van der Waals surface area contributed by atoms with Gasteiger partial charge in [0.05, 0.1) is 18.0 Å². The van der Waals surface area contributed by atoms with Gasteiger partial charge in [-0.25, -0.2) is 17.7 Å². The summed E-state index contributed by atoms with van der Waals surface area (Å²) in [6.07, 6.45) is 1.71. The molecule has 152 valence electrons. The van der Waals surface area contributed by atoms with Gasteiger partial charge in [-0.2, -0.15) is 0 Å². The van der Waals surface area contributed by atoms with Gasteiger partial charge in [-0.1, -0.05) is 24.3 Å². The maximum atomic E-state index is 13.0. The van der Waals surface area contributed by atoms with Crippen LogP contribution in [0.25, 0.3) is 0 Å². The van der Waals surface area contributed by atoms with E-state index < -0.39 is 10.0 Å². The van der Waals surface area contributed by atoms with Gasteiger partial charge in [-0.05, 0) is 42.1 Å². The summed E-state index contributed by atoms with van der Waals surface area (Å²) in [4.78, 5) is 20.7. The van der Waals surface area contributed by atoms with E-state index in [4.69, 9.17) is 0 Å². The van der Waals surface area contributed by atoms with Crippen LogP contribution in [0.3, 0.4) is 0 Å². The first kappa shape index (κ1) is 21.2. The van der Waals surface area contributed by atoms with E-state index in [1.54, 1.807) is 29.7 Å². The first-order chi connectivity index (χ1) is 13.8.